The zero-order chi connectivity index (χ0) is 9.38. The van der Waals surface area contributed by atoms with Crippen molar-refractivity contribution in [2.75, 3.05) is 13.1 Å². The Morgan fingerprint density at radius 2 is 1.21 bits per heavy atom. The second kappa shape index (κ2) is 3.77. The van der Waals surface area contributed by atoms with Gasteiger partial charge in [-0.2, -0.15) is 10.1 Å². The molecule has 0 radical (unpaired) electrons. The van der Waals surface area contributed by atoms with Crippen LogP contribution in [0.4, 0.5) is 0 Å². The summed E-state index contributed by atoms with van der Waals surface area (Å²) in [5.74, 6) is 0. The smallest absolute Gasteiger partial charge is 0.154 e. The predicted octanol–water partition coefficient (Wildman–Crippen LogP) is 1.49. The molecule has 0 aromatic rings. The van der Waals surface area contributed by atoms with Crippen molar-refractivity contribution in [1.82, 2.24) is 10.1 Å². The molecule has 4 nitrogen and oxygen atoms in total. The number of hydrogen-bond acceptors (Lipinski definition) is 4. The Morgan fingerprint density at radius 1 is 0.714 bits per heavy atom. The first-order valence-electron chi connectivity index (χ1n) is 5.80. The van der Waals surface area contributed by atoms with E-state index in [1.54, 1.807) is 0 Å². The number of hydrogen-bond donors (Lipinski definition) is 0. The predicted molar refractivity (Wildman–Crippen MR) is 50.9 cm³/mol. The van der Waals surface area contributed by atoms with E-state index in [0.717, 1.165) is 25.9 Å². The maximum absolute atomic E-state index is 5.93. The van der Waals surface area contributed by atoms with E-state index in [1.165, 1.54) is 25.7 Å². The molecular weight excluding hydrogens is 180 g/mol. The molecule has 0 unspecified atom stereocenters. The van der Waals surface area contributed by atoms with E-state index in [0.29, 0.717) is 0 Å². The third-order valence-corrected chi connectivity index (χ3v) is 3.32. The topological polar surface area (TPSA) is 24.9 Å². The number of piperidine rings is 2. The lowest BCUT2D eigenvalue weighted by Gasteiger charge is -2.48. The van der Waals surface area contributed by atoms with Crippen molar-refractivity contribution in [3.63, 3.8) is 0 Å². The third-order valence-electron chi connectivity index (χ3n) is 3.32. The van der Waals surface area contributed by atoms with Gasteiger partial charge in [0.2, 0.25) is 0 Å². The van der Waals surface area contributed by atoms with Gasteiger partial charge in [-0.05, 0) is 38.5 Å². The zero-order valence-corrected chi connectivity index (χ0v) is 8.52. The molecule has 0 N–H and O–H groups in total. The molecule has 14 heavy (non-hydrogen) atoms. The Hall–Kier alpha value is -0.160. The van der Waals surface area contributed by atoms with Crippen molar-refractivity contribution in [2.45, 2.75) is 51.0 Å². The average Bonchev–Trinajstić information content (AvgIpc) is 2.26. The standard InChI is InChI=1S/C10H18N2O2/c1-3-7-11-9(5-1)13-12-8-4-2-6-10(12)14-11/h9-10H,1-8H2/t9-,10+. The number of nitrogens with zero attached hydrogens (tertiary/aromatic N) is 2. The molecule has 0 aliphatic carbocycles. The van der Waals surface area contributed by atoms with Gasteiger partial charge in [-0.3, -0.25) is 9.68 Å². The highest BCUT2D eigenvalue weighted by atomic mass is 16.8. The maximum Gasteiger partial charge on any atom is 0.154 e. The molecule has 80 valence electrons. The minimum absolute atomic E-state index is 0.193. The lowest BCUT2D eigenvalue weighted by atomic mass is 10.1. The van der Waals surface area contributed by atoms with Crippen LogP contribution in [0.5, 0.6) is 0 Å². The van der Waals surface area contributed by atoms with Crippen LogP contribution < -0.4 is 0 Å². The molecule has 0 bridgehead atoms. The van der Waals surface area contributed by atoms with Crippen LogP contribution in [0.3, 0.4) is 0 Å². The Kier molecular flexibility index (Phi) is 2.45. The highest BCUT2D eigenvalue weighted by Crippen LogP contribution is 2.30. The van der Waals surface area contributed by atoms with E-state index in [1.807, 2.05) is 0 Å². The Balaban J connectivity index is 1.68. The van der Waals surface area contributed by atoms with Crippen molar-refractivity contribution >= 4 is 0 Å². The molecule has 4 heteroatoms. The fourth-order valence-electron chi connectivity index (χ4n) is 2.51. The largest absolute Gasteiger partial charge is 0.275 e. The van der Waals surface area contributed by atoms with E-state index in [9.17, 15) is 0 Å². The summed E-state index contributed by atoms with van der Waals surface area (Å²) in [6.07, 6.45) is 7.63. The molecule has 3 aliphatic heterocycles. The van der Waals surface area contributed by atoms with Crippen molar-refractivity contribution in [1.29, 1.82) is 0 Å². The van der Waals surface area contributed by atoms with Gasteiger partial charge < -0.3 is 0 Å². The molecule has 0 amide bonds. The molecule has 3 rings (SSSR count). The number of rotatable bonds is 0. The lowest BCUT2D eigenvalue weighted by Crippen LogP contribution is -2.57. The molecule has 3 aliphatic rings. The summed E-state index contributed by atoms with van der Waals surface area (Å²) in [6, 6.07) is 0. The lowest BCUT2D eigenvalue weighted by molar-refractivity contribution is -0.455. The Morgan fingerprint density at radius 3 is 1.71 bits per heavy atom. The summed E-state index contributed by atoms with van der Waals surface area (Å²) < 4.78 is 0. The van der Waals surface area contributed by atoms with Crippen LogP contribution in [0.2, 0.25) is 0 Å². The fourth-order valence-corrected chi connectivity index (χ4v) is 2.51. The second-order valence-corrected chi connectivity index (χ2v) is 4.39. The summed E-state index contributed by atoms with van der Waals surface area (Å²) in [5.41, 5.74) is 0. The average molecular weight is 198 g/mol. The second-order valence-electron chi connectivity index (χ2n) is 4.39. The minimum atomic E-state index is 0.193. The van der Waals surface area contributed by atoms with Crippen LogP contribution in [-0.4, -0.2) is 35.7 Å². The van der Waals surface area contributed by atoms with Crippen molar-refractivity contribution < 1.29 is 9.68 Å². The van der Waals surface area contributed by atoms with Gasteiger partial charge in [0, 0.05) is 13.1 Å². The van der Waals surface area contributed by atoms with E-state index in [4.69, 9.17) is 9.68 Å². The molecule has 0 aromatic carbocycles. The van der Waals surface area contributed by atoms with Crippen LogP contribution >= 0.6 is 0 Å². The fraction of sp³-hybridized carbons (Fsp3) is 1.00. The zero-order valence-electron chi connectivity index (χ0n) is 8.52. The summed E-state index contributed by atoms with van der Waals surface area (Å²) >= 11 is 0. The molecule has 3 heterocycles. The van der Waals surface area contributed by atoms with Crippen LogP contribution in [0.25, 0.3) is 0 Å². The monoisotopic (exact) mass is 198 g/mol. The van der Waals surface area contributed by atoms with Gasteiger partial charge in [0.05, 0.1) is 0 Å². The van der Waals surface area contributed by atoms with E-state index in [-0.39, 0.29) is 12.5 Å². The van der Waals surface area contributed by atoms with Crippen LogP contribution in [0, 0.1) is 0 Å². The summed E-state index contributed by atoms with van der Waals surface area (Å²) in [7, 11) is 0. The van der Waals surface area contributed by atoms with Gasteiger partial charge in [0.25, 0.3) is 0 Å². The molecule has 3 saturated heterocycles. The first kappa shape index (κ1) is 9.09. The molecular formula is C10H18N2O2. The summed E-state index contributed by atoms with van der Waals surface area (Å²) in [4.78, 5) is 11.9. The molecule has 0 aromatic heterocycles. The SMILES string of the molecule is C1CCN2O[C@@H]3CCCCN3O[C@H]2C1. The third kappa shape index (κ3) is 1.56. The summed E-state index contributed by atoms with van der Waals surface area (Å²) in [6.45, 7) is 2.07. The van der Waals surface area contributed by atoms with Crippen LogP contribution in [0.15, 0.2) is 0 Å². The van der Waals surface area contributed by atoms with Gasteiger partial charge in [-0.15, -0.1) is 0 Å². The number of hydroxylamine groups is 4. The highest BCUT2D eigenvalue weighted by molar-refractivity contribution is 4.71. The molecule has 0 saturated carbocycles. The normalized spacial score (nSPS) is 40.3. The molecule has 0 spiro atoms. The van der Waals surface area contributed by atoms with Crippen molar-refractivity contribution in [2.24, 2.45) is 0 Å². The Labute approximate surface area is 84.7 Å². The Bertz CT molecular complexity index is 170. The van der Waals surface area contributed by atoms with Crippen LogP contribution in [-0.2, 0) is 9.68 Å². The van der Waals surface area contributed by atoms with Crippen LogP contribution in [0.1, 0.15) is 38.5 Å². The molecule has 3 fully saturated rings. The van der Waals surface area contributed by atoms with Gasteiger partial charge in [0.1, 0.15) is 0 Å². The van der Waals surface area contributed by atoms with Gasteiger partial charge in [-0.1, -0.05) is 0 Å². The first-order valence-corrected chi connectivity index (χ1v) is 5.80. The quantitative estimate of drug-likeness (QED) is 0.588. The first-order chi connectivity index (χ1) is 6.93. The van der Waals surface area contributed by atoms with Gasteiger partial charge >= 0.3 is 0 Å². The van der Waals surface area contributed by atoms with Crippen molar-refractivity contribution in [3.05, 3.63) is 0 Å². The van der Waals surface area contributed by atoms with Gasteiger partial charge in [0.15, 0.2) is 12.5 Å². The maximum atomic E-state index is 5.93. The van der Waals surface area contributed by atoms with E-state index < -0.39 is 0 Å². The van der Waals surface area contributed by atoms with E-state index >= 15 is 0 Å². The minimum Gasteiger partial charge on any atom is -0.275 e. The summed E-state index contributed by atoms with van der Waals surface area (Å²) in [5, 5.41) is 4.10. The highest BCUT2D eigenvalue weighted by Gasteiger charge is 2.38. The van der Waals surface area contributed by atoms with E-state index in [2.05, 4.69) is 10.1 Å². The van der Waals surface area contributed by atoms with Gasteiger partial charge in [-0.25, -0.2) is 0 Å². The number of fused-ring (bicyclic) bond motifs is 2. The molecule has 2 atom stereocenters. The van der Waals surface area contributed by atoms with Crippen molar-refractivity contribution in [3.8, 4) is 0 Å².